The van der Waals surface area contributed by atoms with E-state index in [1.165, 1.54) is 13.8 Å². The van der Waals surface area contributed by atoms with Crippen molar-refractivity contribution in [3.63, 3.8) is 0 Å². The molecule has 1 atom stereocenters. The molecule has 0 aliphatic heterocycles. The maximum Gasteiger partial charge on any atom is 0.333 e. The Morgan fingerprint density at radius 2 is 1.79 bits per heavy atom. The van der Waals surface area contributed by atoms with Gasteiger partial charge in [0.25, 0.3) is 0 Å². The van der Waals surface area contributed by atoms with Gasteiger partial charge in [0.2, 0.25) is 5.78 Å². The summed E-state index contributed by atoms with van der Waals surface area (Å²) < 4.78 is 4.69. The summed E-state index contributed by atoms with van der Waals surface area (Å²) in [6, 6.07) is 0. The van der Waals surface area contributed by atoms with Crippen molar-refractivity contribution in [3.05, 3.63) is 24.3 Å². The predicted molar refractivity (Wildman–Crippen MR) is 51.6 cm³/mol. The number of ether oxygens (including phenoxy) is 1. The van der Waals surface area contributed by atoms with Crippen molar-refractivity contribution in [1.82, 2.24) is 0 Å². The van der Waals surface area contributed by atoms with Crippen LogP contribution in [0.5, 0.6) is 0 Å². The molecule has 0 saturated heterocycles. The molecule has 0 aromatic carbocycles. The van der Waals surface area contributed by atoms with Crippen LogP contribution in [0.3, 0.4) is 0 Å². The molecule has 0 aromatic heterocycles. The smallest absolute Gasteiger partial charge is 0.333 e. The van der Waals surface area contributed by atoms with Crippen LogP contribution in [-0.4, -0.2) is 29.6 Å². The van der Waals surface area contributed by atoms with Crippen LogP contribution in [0.1, 0.15) is 13.8 Å². The molecular weight excluding hydrogens is 184 g/mol. The van der Waals surface area contributed by atoms with E-state index in [9.17, 15) is 9.59 Å². The largest absolute Gasteiger partial charge is 0.448 e. The van der Waals surface area contributed by atoms with E-state index in [0.29, 0.717) is 0 Å². The van der Waals surface area contributed by atoms with Crippen LogP contribution < -0.4 is 0 Å². The summed E-state index contributed by atoms with van der Waals surface area (Å²) in [4.78, 5) is 22.3. The number of carbonyl (C=O) groups excluding carboxylic acids is 2. The fraction of sp³-hybridized carbons (Fsp3) is 0.400. The highest BCUT2D eigenvalue weighted by atomic mass is 16.6. The van der Waals surface area contributed by atoms with Crippen molar-refractivity contribution in [2.75, 3.05) is 6.61 Å². The topological polar surface area (TPSA) is 63.6 Å². The molecule has 0 aliphatic carbocycles. The summed E-state index contributed by atoms with van der Waals surface area (Å²) in [5.41, 5.74) is 0.413. The number of hydrogen-bond acceptors (Lipinski definition) is 4. The maximum absolute atomic E-state index is 11.3. The van der Waals surface area contributed by atoms with Crippen LogP contribution in [0.25, 0.3) is 0 Å². The number of esters is 1. The quantitative estimate of drug-likeness (QED) is 0.519. The third kappa shape index (κ3) is 3.53. The normalized spacial score (nSPS) is 11.6. The highest BCUT2D eigenvalue weighted by Crippen LogP contribution is 2.04. The van der Waals surface area contributed by atoms with Gasteiger partial charge in [0.05, 0.1) is 6.61 Å². The van der Waals surface area contributed by atoms with Crippen molar-refractivity contribution in [3.8, 4) is 0 Å². The van der Waals surface area contributed by atoms with Gasteiger partial charge in [0.15, 0.2) is 6.10 Å². The average Bonchev–Trinajstić information content (AvgIpc) is 2.12. The fourth-order valence-corrected chi connectivity index (χ4v) is 0.678. The van der Waals surface area contributed by atoms with E-state index >= 15 is 0 Å². The Labute approximate surface area is 82.9 Å². The van der Waals surface area contributed by atoms with Crippen molar-refractivity contribution in [2.45, 2.75) is 20.0 Å². The standard InChI is InChI=1S/C10H14O4/c1-6(2)9(12)8(5-11)14-10(13)7(3)4/h8,11H,1,3,5H2,2,4H3. The zero-order valence-corrected chi connectivity index (χ0v) is 8.37. The number of rotatable bonds is 5. The Morgan fingerprint density at radius 1 is 1.29 bits per heavy atom. The van der Waals surface area contributed by atoms with Crippen LogP contribution >= 0.6 is 0 Å². The minimum Gasteiger partial charge on any atom is -0.448 e. The zero-order chi connectivity index (χ0) is 11.3. The lowest BCUT2D eigenvalue weighted by Crippen LogP contribution is -2.31. The van der Waals surface area contributed by atoms with Gasteiger partial charge in [0.1, 0.15) is 0 Å². The number of hydrogen-bond donors (Lipinski definition) is 1. The average molecular weight is 198 g/mol. The molecule has 1 N–H and O–H groups in total. The van der Waals surface area contributed by atoms with E-state index in [0.717, 1.165) is 0 Å². The van der Waals surface area contributed by atoms with Gasteiger partial charge in [-0.3, -0.25) is 4.79 Å². The Balaban J connectivity index is 4.45. The highest BCUT2D eigenvalue weighted by Gasteiger charge is 2.22. The van der Waals surface area contributed by atoms with Gasteiger partial charge in [0, 0.05) is 5.57 Å². The van der Waals surface area contributed by atoms with Gasteiger partial charge in [-0.15, -0.1) is 0 Å². The van der Waals surface area contributed by atoms with Crippen LogP contribution in [0, 0.1) is 0 Å². The van der Waals surface area contributed by atoms with E-state index in [1.54, 1.807) is 0 Å². The van der Waals surface area contributed by atoms with Crippen LogP contribution in [-0.2, 0) is 14.3 Å². The van der Waals surface area contributed by atoms with Crippen molar-refractivity contribution in [1.29, 1.82) is 0 Å². The molecule has 14 heavy (non-hydrogen) atoms. The summed E-state index contributed by atoms with van der Waals surface area (Å²) in [5.74, 6) is -1.18. The van der Waals surface area contributed by atoms with E-state index < -0.39 is 24.5 Å². The predicted octanol–water partition coefficient (Wildman–Crippen LogP) is 0.612. The number of Topliss-reactive ketones (excluding diaryl/α,β-unsaturated/α-hetero) is 1. The van der Waals surface area contributed by atoms with Gasteiger partial charge in [-0.25, -0.2) is 4.79 Å². The molecule has 0 amide bonds. The first-order chi connectivity index (χ1) is 6.40. The molecule has 0 bridgehead atoms. The van der Waals surface area contributed by atoms with Crippen molar-refractivity contribution in [2.24, 2.45) is 0 Å². The third-order valence-electron chi connectivity index (χ3n) is 1.48. The summed E-state index contributed by atoms with van der Waals surface area (Å²) in [6.45, 7) is 9.15. The van der Waals surface area contributed by atoms with Crippen LogP contribution in [0.4, 0.5) is 0 Å². The second-order valence-electron chi connectivity index (χ2n) is 3.00. The first kappa shape index (κ1) is 12.6. The molecule has 4 heteroatoms. The first-order valence-corrected chi connectivity index (χ1v) is 4.07. The molecule has 0 heterocycles. The Hall–Kier alpha value is -1.42. The molecule has 0 rings (SSSR count). The second-order valence-corrected chi connectivity index (χ2v) is 3.00. The highest BCUT2D eigenvalue weighted by molar-refractivity contribution is 6.00. The number of aliphatic hydroxyl groups excluding tert-OH is 1. The molecule has 0 spiro atoms. The van der Waals surface area contributed by atoms with Crippen molar-refractivity contribution >= 4 is 11.8 Å². The Kier molecular flexibility index (Phi) is 4.80. The fourth-order valence-electron chi connectivity index (χ4n) is 0.678. The Morgan fingerprint density at radius 3 is 2.07 bits per heavy atom. The summed E-state index contributed by atoms with van der Waals surface area (Å²) >= 11 is 0. The van der Waals surface area contributed by atoms with Crippen LogP contribution in [0.15, 0.2) is 24.3 Å². The van der Waals surface area contributed by atoms with Crippen LogP contribution in [0.2, 0.25) is 0 Å². The summed E-state index contributed by atoms with van der Waals surface area (Å²) in [5, 5.41) is 8.81. The number of carbonyl (C=O) groups is 2. The maximum atomic E-state index is 11.3. The molecule has 0 aliphatic rings. The van der Waals surface area contributed by atoms with Gasteiger partial charge < -0.3 is 9.84 Å². The molecular formula is C10H14O4. The number of ketones is 1. The molecule has 0 fully saturated rings. The van der Waals surface area contributed by atoms with E-state index in [-0.39, 0.29) is 11.1 Å². The van der Waals surface area contributed by atoms with E-state index in [1.807, 2.05) is 0 Å². The minimum absolute atomic E-state index is 0.179. The molecule has 78 valence electrons. The lowest BCUT2D eigenvalue weighted by atomic mass is 10.1. The lowest BCUT2D eigenvalue weighted by molar-refractivity contribution is -0.152. The zero-order valence-electron chi connectivity index (χ0n) is 8.37. The minimum atomic E-state index is -1.17. The molecule has 0 radical (unpaired) electrons. The number of aliphatic hydroxyl groups is 1. The molecule has 1 unspecified atom stereocenters. The van der Waals surface area contributed by atoms with E-state index in [2.05, 4.69) is 17.9 Å². The summed E-state index contributed by atoms with van der Waals surface area (Å²) in [6.07, 6.45) is -1.17. The van der Waals surface area contributed by atoms with Gasteiger partial charge in [-0.05, 0) is 19.4 Å². The lowest BCUT2D eigenvalue weighted by Gasteiger charge is -2.13. The first-order valence-electron chi connectivity index (χ1n) is 4.07. The van der Waals surface area contributed by atoms with Gasteiger partial charge >= 0.3 is 5.97 Å². The van der Waals surface area contributed by atoms with Gasteiger partial charge in [-0.2, -0.15) is 0 Å². The Bertz CT molecular complexity index is 278. The molecule has 4 nitrogen and oxygen atoms in total. The summed E-state index contributed by atoms with van der Waals surface area (Å²) in [7, 11) is 0. The molecule has 0 saturated carbocycles. The SMILES string of the molecule is C=C(C)C(=O)OC(CO)C(=O)C(=C)C. The third-order valence-corrected chi connectivity index (χ3v) is 1.48. The second kappa shape index (κ2) is 5.34. The van der Waals surface area contributed by atoms with Crippen molar-refractivity contribution < 1.29 is 19.4 Å². The molecule has 0 aromatic rings. The van der Waals surface area contributed by atoms with E-state index in [4.69, 9.17) is 5.11 Å². The monoisotopic (exact) mass is 198 g/mol. The van der Waals surface area contributed by atoms with Gasteiger partial charge in [-0.1, -0.05) is 13.2 Å².